The van der Waals surface area contributed by atoms with Crippen LogP contribution >= 0.6 is 0 Å². The first-order valence-electron chi connectivity index (χ1n) is 4.74. The Morgan fingerprint density at radius 1 is 1.43 bits per heavy atom. The first-order chi connectivity index (χ1) is 6.50. The van der Waals surface area contributed by atoms with Gasteiger partial charge in [0.15, 0.2) is 0 Å². The zero-order chi connectivity index (χ0) is 10.7. The van der Waals surface area contributed by atoms with Crippen LogP contribution in [0.5, 0.6) is 5.75 Å². The third-order valence-corrected chi connectivity index (χ3v) is 2.11. The van der Waals surface area contributed by atoms with Crippen LogP contribution in [-0.2, 0) is 0 Å². The van der Waals surface area contributed by atoms with Crippen molar-refractivity contribution >= 4 is 0 Å². The van der Waals surface area contributed by atoms with Crippen molar-refractivity contribution in [3.63, 3.8) is 0 Å². The van der Waals surface area contributed by atoms with Crippen LogP contribution in [0.25, 0.3) is 0 Å². The highest BCUT2D eigenvalue weighted by molar-refractivity contribution is 5.34. The Bertz CT molecular complexity index is 312. The minimum atomic E-state index is -0.364. The second-order valence-electron chi connectivity index (χ2n) is 3.94. The monoisotopic (exact) mass is 197 g/mol. The summed E-state index contributed by atoms with van der Waals surface area (Å²) in [4.78, 5) is 0. The number of nitrogens with two attached hydrogens (primary N) is 1. The van der Waals surface area contributed by atoms with E-state index in [1.54, 1.807) is 0 Å². The number of phenolic OH excluding ortho intramolecular Hbond substituents is 1. The van der Waals surface area contributed by atoms with Crippen molar-refractivity contribution in [2.24, 2.45) is 11.7 Å². The number of aromatic hydroxyl groups is 1. The highest BCUT2D eigenvalue weighted by Crippen LogP contribution is 2.27. The van der Waals surface area contributed by atoms with Crippen molar-refractivity contribution in [2.45, 2.75) is 26.3 Å². The van der Waals surface area contributed by atoms with Crippen molar-refractivity contribution < 1.29 is 9.50 Å². The van der Waals surface area contributed by atoms with Gasteiger partial charge in [0, 0.05) is 11.6 Å². The average Bonchev–Trinajstić information content (AvgIpc) is 2.08. The molecule has 0 saturated heterocycles. The lowest BCUT2D eigenvalue weighted by Gasteiger charge is -2.15. The van der Waals surface area contributed by atoms with E-state index in [1.807, 2.05) is 13.8 Å². The van der Waals surface area contributed by atoms with Gasteiger partial charge in [0.05, 0.1) is 0 Å². The molecule has 0 spiro atoms. The molecule has 78 valence electrons. The van der Waals surface area contributed by atoms with Gasteiger partial charge in [-0.05, 0) is 30.5 Å². The molecule has 0 heterocycles. The average molecular weight is 197 g/mol. The third-order valence-electron chi connectivity index (χ3n) is 2.11. The molecule has 0 radical (unpaired) electrons. The molecule has 0 amide bonds. The standard InChI is InChI=1S/C11H16FNO/c1-7(2)5-10(13)9-6-8(12)3-4-11(9)14/h3-4,6-7,10,14H,5,13H2,1-2H3. The molecule has 3 N–H and O–H groups in total. The topological polar surface area (TPSA) is 46.2 Å². The molecule has 1 unspecified atom stereocenters. The zero-order valence-electron chi connectivity index (χ0n) is 8.50. The molecule has 1 atom stereocenters. The number of benzene rings is 1. The number of hydrogen-bond donors (Lipinski definition) is 2. The van der Waals surface area contributed by atoms with Crippen molar-refractivity contribution in [3.8, 4) is 5.75 Å². The maximum atomic E-state index is 12.9. The molecule has 0 fully saturated rings. The fourth-order valence-electron chi connectivity index (χ4n) is 1.46. The van der Waals surface area contributed by atoms with Crippen LogP contribution in [0.1, 0.15) is 31.9 Å². The molecule has 1 aromatic rings. The van der Waals surface area contributed by atoms with E-state index in [1.165, 1.54) is 18.2 Å². The summed E-state index contributed by atoms with van der Waals surface area (Å²) >= 11 is 0. The predicted molar refractivity (Wildman–Crippen MR) is 54.4 cm³/mol. The van der Waals surface area contributed by atoms with Crippen LogP contribution in [-0.4, -0.2) is 5.11 Å². The summed E-state index contributed by atoms with van der Waals surface area (Å²) in [5.74, 6) is 0.129. The van der Waals surface area contributed by atoms with Crippen LogP contribution in [0.3, 0.4) is 0 Å². The van der Waals surface area contributed by atoms with E-state index in [0.29, 0.717) is 11.5 Å². The summed E-state index contributed by atoms with van der Waals surface area (Å²) in [5, 5.41) is 9.47. The van der Waals surface area contributed by atoms with Crippen LogP contribution in [0.15, 0.2) is 18.2 Å². The van der Waals surface area contributed by atoms with Crippen LogP contribution in [0.4, 0.5) is 4.39 Å². The lowest BCUT2D eigenvalue weighted by Crippen LogP contribution is -2.13. The molecule has 2 nitrogen and oxygen atoms in total. The van der Waals surface area contributed by atoms with Gasteiger partial charge >= 0.3 is 0 Å². The van der Waals surface area contributed by atoms with E-state index in [9.17, 15) is 9.50 Å². The van der Waals surface area contributed by atoms with E-state index < -0.39 is 0 Å². The number of halogens is 1. The smallest absolute Gasteiger partial charge is 0.123 e. The Labute approximate surface area is 83.6 Å². The van der Waals surface area contributed by atoms with E-state index in [4.69, 9.17) is 5.73 Å². The molecule has 0 aliphatic rings. The minimum absolute atomic E-state index is 0.0690. The van der Waals surface area contributed by atoms with Gasteiger partial charge in [-0.2, -0.15) is 0 Å². The van der Waals surface area contributed by atoms with Gasteiger partial charge in [-0.1, -0.05) is 13.8 Å². The maximum absolute atomic E-state index is 12.9. The van der Waals surface area contributed by atoms with E-state index in [-0.39, 0.29) is 17.6 Å². The second kappa shape index (κ2) is 4.42. The molecule has 0 aliphatic carbocycles. The Kier molecular flexibility index (Phi) is 3.47. The van der Waals surface area contributed by atoms with Crippen molar-refractivity contribution in [1.82, 2.24) is 0 Å². The largest absolute Gasteiger partial charge is 0.508 e. The van der Waals surface area contributed by atoms with Gasteiger partial charge in [-0.15, -0.1) is 0 Å². The summed E-state index contributed by atoms with van der Waals surface area (Å²) in [6.07, 6.45) is 0.733. The van der Waals surface area contributed by atoms with Gasteiger partial charge < -0.3 is 10.8 Å². The van der Waals surface area contributed by atoms with Crippen molar-refractivity contribution in [3.05, 3.63) is 29.6 Å². The molecule has 3 heteroatoms. The molecule has 0 aliphatic heterocycles. The molecule has 0 bridgehead atoms. The van der Waals surface area contributed by atoms with Gasteiger partial charge in [-0.25, -0.2) is 4.39 Å². The molecular weight excluding hydrogens is 181 g/mol. The predicted octanol–water partition coefficient (Wildman–Crippen LogP) is 2.58. The SMILES string of the molecule is CC(C)CC(N)c1cc(F)ccc1O. The van der Waals surface area contributed by atoms with Gasteiger partial charge in [-0.3, -0.25) is 0 Å². The van der Waals surface area contributed by atoms with Gasteiger partial charge in [0.25, 0.3) is 0 Å². The summed E-state index contributed by atoms with van der Waals surface area (Å²) in [7, 11) is 0. The van der Waals surface area contributed by atoms with Crippen LogP contribution < -0.4 is 5.73 Å². The lowest BCUT2D eigenvalue weighted by molar-refractivity contribution is 0.442. The van der Waals surface area contributed by atoms with Crippen molar-refractivity contribution in [1.29, 1.82) is 0 Å². The van der Waals surface area contributed by atoms with Gasteiger partial charge in [0.1, 0.15) is 11.6 Å². The fraction of sp³-hybridized carbons (Fsp3) is 0.455. The Morgan fingerprint density at radius 2 is 2.07 bits per heavy atom. The van der Waals surface area contributed by atoms with E-state index in [2.05, 4.69) is 0 Å². The Balaban J connectivity index is 2.88. The van der Waals surface area contributed by atoms with Crippen LogP contribution in [0, 0.1) is 11.7 Å². The highest BCUT2D eigenvalue weighted by Gasteiger charge is 2.13. The minimum Gasteiger partial charge on any atom is -0.508 e. The highest BCUT2D eigenvalue weighted by atomic mass is 19.1. The lowest BCUT2D eigenvalue weighted by atomic mass is 9.97. The molecule has 0 aromatic heterocycles. The van der Waals surface area contributed by atoms with Crippen molar-refractivity contribution in [2.75, 3.05) is 0 Å². The Hall–Kier alpha value is -1.09. The number of phenols is 1. The second-order valence-corrected chi connectivity index (χ2v) is 3.94. The molecule has 14 heavy (non-hydrogen) atoms. The normalized spacial score (nSPS) is 13.2. The summed E-state index contributed by atoms with van der Waals surface area (Å²) < 4.78 is 12.9. The van der Waals surface area contributed by atoms with E-state index in [0.717, 1.165) is 6.42 Å². The zero-order valence-corrected chi connectivity index (χ0v) is 8.50. The quantitative estimate of drug-likeness (QED) is 0.782. The summed E-state index contributed by atoms with van der Waals surface area (Å²) in [6, 6.07) is 3.56. The molecular formula is C11H16FNO. The maximum Gasteiger partial charge on any atom is 0.123 e. The first kappa shape index (κ1) is 11.0. The third kappa shape index (κ3) is 2.70. The Morgan fingerprint density at radius 3 is 2.64 bits per heavy atom. The van der Waals surface area contributed by atoms with Crippen LogP contribution in [0.2, 0.25) is 0 Å². The fourth-order valence-corrected chi connectivity index (χ4v) is 1.46. The first-order valence-corrected chi connectivity index (χ1v) is 4.74. The van der Waals surface area contributed by atoms with Gasteiger partial charge in [0.2, 0.25) is 0 Å². The molecule has 0 saturated carbocycles. The molecule has 1 rings (SSSR count). The number of rotatable bonds is 3. The summed E-state index contributed by atoms with van der Waals surface area (Å²) in [5.41, 5.74) is 6.32. The summed E-state index contributed by atoms with van der Waals surface area (Å²) in [6.45, 7) is 4.08. The molecule has 1 aromatic carbocycles. The number of hydrogen-bond acceptors (Lipinski definition) is 2. The van der Waals surface area contributed by atoms with E-state index >= 15 is 0 Å².